The summed E-state index contributed by atoms with van der Waals surface area (Å²) in [7, 11) is 0. The molecule has 0 aliphatic carbocycles. The van der Waals surface area contributed by atoms with Gasteiger partial charge in [0, 0.05) is 19.1 Å². The average Bonchev–Trinajstić information content (AvgIpc) is 2.31. The maximum atomic E-state index is 5.39. The first-order chi connectivity index (χ1) is 7.36. The topological polar surface area (TPSA) is 24.5 Å². The molecule has 0 aromatic heterocycles. The molecule has 2 heterocycles. The van der Waals surface area contributed by atoms with Gasteiger partial charge in [0.25, 0.3) is 0 Å². The van der Waals surface area contributed by atoms with Crippen LogP contribution >= 0.6 is 0 Å². The highest BCUT2D eigenvalue weighted by Gasteiger charge is 2.21. The van der Waals surface area contributed by atoms with Crippen LogP contribution in [0.4, 0.5) is 0 Å². The summed E-state index contributed by atoms with van der Waals surface area (Å²) in [6.07, 6.45) is 4.12. The summed E-state index contributed by atoms with van der Waals surface area (Å²) in [4.78, 5) is 2.59. The zero-order chi connectivity index (χ0) is 10.5. The van der Waals surface area contributed by atoms with Crippen LogP contribution in [0.3, 0.4) is 0 Å². The molecule has 2 fully saturated rings. The number of hydrogen-bond donors (Lipinski definition) is 1. The fourth-order valence-electron chi connectivity index (χ4n) is 2.77. The predicted molar refractivity (Wildman–Crippen MR) is 62.1 cm³/mol. The number of morpholine rings is 1. The number of ether oxygens (including phenoxy) is 1. The van der Waals surface area contributed by atoms with E-state index in [0.29, 0.717) is 0 Å². The van der Waals surface area contributed by atoms with Crippen LogP contribution in [0.25, 0.3) is 0 Å². The molecule has 0 aromatic rings. The Morgan fingerprint density at radius 2 is 1.93 bits per heavy atom. The molecule has 0 radical (unpaired) electrons. The molecule has 1 unspecified atom stereocenters. The first kappa shape index (κ1) is 11.4. The Labute approximate surface area is 93.2 Å². The Balaban J connectivity index is 1.72. The van der Waals surface area contributed by atoms with Crippen molar-refractivity contribution >= 4 is 0 Å². The second-order valence-corrected chi connectivity index (χ2v) is 4.93. The van der Waals surface area contributed by atoms with E-state index >= 15 is 0 Å². The van der Waals surface area contributed by atoms with Gasteiger partial charge in [0.15, 0.2) is 0 Å². The fourth-order valence-corrected chi connectivity index (χ4v) is 2.77. The van der Waals surface area contributed by atoms with E-state index < -0.39 is 0 Å². The Bertz CT molecular complexity index is 174. The summed E-state index contributed by atoms with van der Waals surface area (Å²) in [5.41, 5.74) is 0. The van der Waals surface area contributed by atoms with E-state index in [1.165, 1.54) is 32.4 Å². The van der Waals surface area contributed by atoms with Crippen molar-refractivity contribution in [2.24, 2.45) is 5.92 Å². The van der Waals surface area contributed by atoms with Gasteiger partial charge in [-0.3, -0.25) is 4.90 Å². The minimum Gasteiger partial charge on any atom is -0.379 e. The zero-order valence-corrected chi connectivity index (χ0v) is 9.87. The summed E-state index contributed by atoms with van der Waals surface area (Å²) < 4.78 is 5.39. The van der Waals surface area contributed by atoms with Gasteiger partial charge in [0.05, 0.1) is 13.2 Å². The van der Waals surface area contributed by atoms with Crippen molar-refractivity contribution in [1.82, 2.24) is 10.2 Å². The van der Waals surface area contributed by atoms with E-state index in [9.17, 15) is 0 Å². The number of piperidine rings is 1. The molecule has 1 N–H and O–H groups in total. The van der Waals surface area contributed by atoms with E-state index in [0.717, 1.165) is 38.3 Å². The van der Waals surface area contributed by atoms with Gasteiger partial charge in [0.2, 0.25) is 0 Å². The summed E-state index contributed by atoms with van der Waals surface area (Å²) in [5.74, 6) is 0.948. The first-order valence-corrected chi connectivity index (χ1v) is 6.39. The minimum atomic E-state index is 0.747. The van der Waals surface area contributed by atoms with Crippen molar-refractivity contribution < 1.29 is 4.74 Å². The molecule has 2 rings (SSSR count). The van der Waals surface area contributed by atoms with Crippen LogP contribution < -0.4 is 5.32 Å². The van der Waals surface area contributed by atoms with Crippen molar-refractivity contribution in [3.63, 3.8) is 0 Å². The van der Waals surface area contributed by atoms with Crippen molar-refractivity contribution in [2.45, 2.75) is 32.2 Å². The molecule has 88 valence electrons. The standard InChI is InChI=1S/C12H24N2O/c1-11(14-6-8-15-9-7-14)10-12-2-4-13-5-3-12/h11-13H,2-10H2,1H3. The van der Waals surface area contributed by atoms with Crippen LogP contribution in [0.5, 0.6) is 0 Å². The summed E-state index contributed by atoms with van der Waals surface area (Å²) in [6.45, 7) is 8.94. The minimum absolute atomic E-state index is 0.747. The lowest BCUT2D eigenvalue weighted by Gasteiger charge is -2.35. The smallest absolute Gasteiger partial charge is 0.0594 e. The van der Waals surface area contributed by atoms with Crippen LogP contribution in [-0.4, -0.2) is 50.3 Å². The molecule has 0 saturated carbocycles. The quantitative estimate of drug-likeness (QED) is 0.758. The third-order valence-corrected chi connectivity index (χ3v) is 3.80. The lowest BCUT2D eigenvalue weighted by molar-refractivity contribution is 0.0144. The van der Waals surface area contributed by atoms with Gasteiger partial charge in [-0.1, -0.05) is 0 Å². The zero-order valence-electron chi connectivity index (χ0n) is 9.87. The maximum absolute atomic E-state index is 5.39. The molecule has 0 aromatic carbocycles. The van der Waals surface area contributed by atoms with Crippen molar-refractivity contribution in [1.29, 1.82) is 0 Å². The Kier molecular flexibility index (Phi) is 4.42. The van der Waals surface area contributed by atoms with E-state index in [4.69, 9.17) is 4.74 Å². The van der Waals surface area contributed by atoms with Gasteiger partial charge in [-0.05, 0) is 45.2 Å². The normalized spacial score (nSPS) is 27.8. The summed E-state index contributed by atoms with van der Waals surface area (Å²) in [6, 6.07) is 0.747. The molecular formula is C12H24N2O. The van der Waals surface area contributed by atoms with Gasteiger partial charge in [0.1, 0.15) is 0 Å². The predicted octanol–water partition coefficient (Wildman–Crippen LogP) is 1.10. The highest BCUT2D eigenvalue weighted by atomic mass is 16.5. The van der Waals surface area contributed by atoms with Gasteiger partial charge in [-0.25, -0.2) is 0 Å². The van der Waals surface area contributed by atoms with E-state index in [1.807, 2.05) is 0 Å². The molecule has 2 saturated heterocycles. The maximum Gasteiger partial charge on any atom is 0.0594 e. The molecular weight excluding hydrogens is 188 g/mol. The molecule has 0 spiro atoms. The van der Waals surface area contributed by atoms with E-state index in [1.54, 1.807) is 0 Å². The van der Waals surface area contributed by atoms with E-state index in [-0.39, 0.29) is 0 Å². The number of rotatable bonds is 3. The first-order valence-electron chi connectivity index (χ1n) is 6.39. The average molecular weight is 212 g/mol. The van der Waals surface area contributed by atoms with Crippen LogP contribution in [-0.2, 0) is 4.74 Å². The third-order valence-electron chi connectivity index (χ3n) is 3.80. The number of nitrogens with zero attached hydrogens (tertiary/aromatic N) is 1. The van der Waals surface area contributed by atoms with Crippen LogP contribution in [0.15, 0.2) is 0 Å². The lowest BCUT2D eigenvalue weighted by atomic mass is 9.91. The van der Waals surface area contributed by atoms with Crippen LogP contribution in [0.2, 0.25) is 0 Å². The fraction of sp³-hybridized carbons (Fsp3) is 1.00. The Morgan fingerprint density at radius 3 is 2.60 bits per heavy atom. The van der Waals surface area contributed by atoms with Gasteiger partial charge in [-0.15, -0.1) is 0 Å². The van der Waals surface area contributed by atoms with Crippen LogP contribution in [0, 0.1) is 5.92 Å². The van der Waals surface area contributed by atoms with Gasteiger partial charge < -0.3 is 10.1 Å². The van der Waals surface area contributed by atoms with E-state index in [2.05, 4.69) is 17.1 Å². The number of nitrogens with one attached hydrogen (secondary N) is 1. The van der Waals surface area contributed by atoms with Gasteiger partial charge in [-0.2, -0.15) is 0 Å². The molecule has 3 heteroatoms. The number of hydrogen-bond acceptors (Lipinski definition) is 3. The second-order valence-electron chi connectivity index (χ2n) is 4.93. The largest absolute Gasteiger partial charge is 0.379 e. The summed E-state index contributed by atoms with van der Waals surface area (Å²) in [5, 5.41) is 3.43. The molecule has 0 bridgehead atoms. The van der Waals surface area contributed by atoms with Crippen molar-refractivity contribution in [3.05, 3.63) is 0 Å². The SMILES string of the molecule is CC(CC1CCNCC1)N1CCOCC1. The highest BCUT2D eigenvalue weighted by molar-refractivity contribution is 4.76. The van der Waals surface area contributed by atoms with Crippen molar-refractivity contribution in [2.75, 3.05) is 39.4 Å². The monoisotopic (exact) mass is 212 g/mol. The van der Waals surface area contributed by atoms with Crippen LogP contribution in [0.1, 0.15) is 26.2 Å². The molecule has 2 aliphatic rings. The second kappa shape index (κ2) is 5.83. The lowest BCUT2D eigenvalue weighted by Crippen LogP contribution is -2.43. The Hall–Kier alpha value is -0.120. The third kappa shape index (κ3) is 3.44. The molecule has 3 nitrogen and oxygen atoms in total. The molecule has 15 heavy (non-hydrogen) atoms. The van der Waals surface area contributed by atoms with Crippen molar-refractivity contribution in [3.8, 4) is 0 Å². The molecule has 2 aliphatic heterocycles. The molecule has 0 amide bonds. The highest BCUT2D eigenvalue weighted by Crippen LogP contribution is 2.20. The Morgan fingerprint density at radius 1 is 1.27 bits per heavy atom. The molecule has 1 atom stereocenters. The van der Waals surface area contributed by atoms with Gasteiger partial charge >= 0.3 is 0 Å². The summed E-state index contributed by atoms with van der Waals surface area (Å²) >= 11 is 0.